The maximum absolute atomic E-state index is 2.48. The smallest absolute Gasteiger partial charge is 0.0537 e. The molecule has 0 bridgehead atoms. The van der Waals surface area contributed by atoms with Crippen LogP contribution in [-0.2, 0) is 6.42 Å². The van der Waals surface area contributed by atoms with Crippen molar-refractivity contribution >= 4 is 45.2 Å². The highest BCUT2D eigenvalue weighted by atomic mass is 15.1. The van der Waals surface area contributed by atoms with Gasteiger partial charge < -0.3 is 9.47 Å². The quantitative estimate of drug-likeness (QED) is 0.141. The summed E-state index contributed by atoms with van der Waals surface area (Å²) in [5.74, 6) is 0.786. The van der Waals surface area contributed by atoms with Gasteiger partial charge in [-0.2, -0.15) is 0 Å². The fourth-order valence-electron chi connectivity index (χ4n) is 10.3. The lowest BCUT2D eigenvalue weighted by Crippen LogP contribution is -2.11. The van der Waals surface area contributed by atoms with Crippen LogP contribution in [0.1, 0.15) is 28.8 Å². The van der Waals surface area contributed by atoms with Gasteiger partial charge in [0, 0.05) is 40.0 Å². The standard InChI is InChI=1S/C64H48N2/c1-4-14-45(15-5-1)48-26-34-56(35-27-48)65(57-36-28-49(29-37-57)46-16-6-2-7-17-46)58-38-30-50(31-39-58)59-40-32-53(52-25-24-47-18-10-11-19-51(47)42-52)43-62(59)54-33-41-61-60-22-12-13-23-63(60)66(64(61)44-54)55-20-8-3-9-21-55/h1-32,34-40,42-44,47,51H,33,41H2. The van der Waals surface area contributed by atoms with Crippen molar-refractivity contribution in [2.75, 3.05) is 4.90 Å². The van der Waals surface area contributed by atoms with Crippen LogP contribution in [-0.4, -0.2) is 4.57 Å². The minimum absolute atomic E-state index is 0.371. The van der Waals surface area contributed by atoms with Crippen molar-refractivity contribution in [1.82, 2.24) is 4.57 Å². The molecule has 66 heavy (non-hydrogen) atoms. The van der Waals surface area contributed by atoms with Gasteiger partial charge in [0.1, 0.15) is 0 Å². The van der Waals surface area contributed by atoms with Gasteiger partial charge in [0.05, 0.1) is 11.2 Å². The van der Waals surface area contributed by atoms with Crippen molar-refractivity contribution in [3.8, 4) is 39.1 Å². The van der Waals surface area contributed by atoms with Crippen LogP contribution in [0.5, 0.6) is 0 Å². The Morgan fingerprint density at radius 3 is 1.59 bits per heavy atom. The lowest BCUT2D eigenvalue weighted by Gasteiger charge is -2.26. The van der Waals surface area contributed by atoms with Crippen molar-refractivity contribution in [3.05, 3.63) is 271 Å². The summed E-state index contributed by atoms with van der Waals surface area (Å²) in [6.45, 7) is 0. The van der Waals surface area contributed by atoms with Crippen molar-refractivity contribution in [2.45, 2.75) is 12.8 Å². The second-order valence-electron chi connectivity index (χ2n) is 17.6. The summed E-state index contributed by atoms with van der Waals surface area (Å²) >= 11 is 0. The minimum atomic E-state index is 0.371. The number of nitrogens with zero attached hydrogens (tertiary/aromatic N) is 2. The van der Waals surface area contributed by atoms with E-state index in [1.165, 1.54) is 83.5 Å². The Hall–Kier alpha value is -8.20. The molecule has 12 rings (SSSR count). The summed E-state index contributed by atoms with van der Waals surface area (Å²) in [4.78, 5) is 2.37. The topological polar surface area (TPSA) is 8.17 Å². The molecular weight excluding hydrogens is 797 g/mol. The molecule has 2 atom stereocenters. The van der Waals surface area contributed by atoms with Crippen LogP contribution in [0.2, 0.25) is 0 Å². The molecule has 2 unspecified atom stereocenters. The molecule has 0 fully saturated rings. The Balaban J connectivity index is 0.968. The van der Waals surface area contributed by atoms with Gasteiger partial charge in [-0.3, -0.25) is 0 Å². The van der Waals surface area contributed by atoms with Gasteiger partial charge in [0.25, 0.3) is 0 Å². The first kappa shape index (κ1) is 39.4. The predicted molar refractivity (Wildman–Crippen MR) is 279 cm³/mol. The summed E-state index contributed by atoms with van der Waals surface area (Å²) in [6, 6.07) is 75.2. The summed E-state index contributed by atoms with van der Waals surface area (Å²) in [5.41, 5.74) is 20.9. The third-order valence-corrected chi connectivity index (χ3v) is 13.7. The maximum atomic E-state index is 2.48. The molecule has 0 saturated carbocycles. The summed E-state index contributed by atoms with van der Waals surface area (Å²) in [6.07, 6.45) is 20.6. The molecule has 314 valence electrons. The highest BCUT2D eigenvalue weighted by Crippen LogP contribution is 2.44. The Labute approximate surface area is 387 Å². The van der Waals surface area contributed by atoms with Crippen molar-refractivity contribution < 1.29 is 0 Å². The molecule has 0 radical (unpaired) electrons. The van der Waals surface area contributed by atoms with Crippen LogP contribution in [0, 0.1) is 11.8 Å². The maximum Gasteiger partial charge on any atom is 0.0537 e. The molecule has 9 aromatic rings. The lowest BCUT2D eigenvalue weighted by atomic mass is 9.80. The van der Waals surface area contributed by atoms with Crippen LogP contribution >= 0.6 is 0 Å². The Morgan fingerprint density at radius 1 is 0.424 bits per heavy atom. The summed E-state index contributed by atoms with van der Waals surface area (Å²) in [5, 5.41) is 1.34. The number of allylic oxidation sites excluding steroid dienone is 9. The molecule has 0 N–H and O–H groups in total. The normalized spacial score (nSPS) is 16.1. The van der Waals surface area contributed by atoms with Gasteiger partial charge in [0.15, 0.2) is 0 Å². The number of anilines is 3. The van der Waals surface area contributed by atoms with Crippen molar-refractivity contribution in [1.29, 1.82) is 0 Å². The molecule has 0 aliphatic heterocycles. The average Bonchev–Trinajstić information content (AvgIpc) is 3.73. The first-order valence-corrected chi connectivity index (χ1v) is 23.2. The Kier molecular flexibility index (Phi) is 10.2. The number of aryl methyl sites for hydroxylation is 1. The molecule has 1 heterocycles. The lowest BCUT2D eigenvalue weighted by molar-refractivity contribution is 0.663. The van der Waals surface area contributed by atoms with Gasteiger partial charge in [0.2, 0.25) is 0 Å². The molecule has 0 saturated heterocycles. The number of hydrogen-bond acceptors (Lipinski definition) is 1. The third-order valence-electron chi connectivity index (χ3n) is 13.7. The number of aromatic nitrogens is 1. The van der Waals surface area contributed by atoms with E-state index in [1.54, 1.807) is 0 Å². The number of fused-ring (bicyclic) bond motifs is 4. The largest absolute Gasteiger partial charge is 0.311 e. The molecule has 3 aliphatic rings. The van der Waals surface area contributed by atoms with E-state index in [9.17, 15) is 0 Å². The van der Waals surface area contributed by atoms with E-state index in [4.69, 9.17) is 0 Å². The van der Waals surface area contributed by atoms with Crippen LogP contribution in [0.15, 0.2) is 249 Å². The summed E-state index contributed by atoms with van der Waals surface area (Å²) < 4.78 is 2.46. The second kappa shape index (κ2) is 17.1. The van der Waals surface area contributed by atoms with E-state index in [1.807, 2.05) is 0 Å². The van der Waals surface area contributed by atoms with E-state index in [-0.39, 0.29) is 0 Å². The van der Waals surface area contributed by atoms with Crippen LogP contribution < -0.4 is 4.90 Å². The fourth-order valence-corrected chi connectivity index (χ4v) is 10.3. The zero-order chi connectivity index (χ0) is 43.8. The molecule has 8 aromatic carbocycles. The Morgan fingerprint density at radius 2 is 0.955 bits per heavy atom. The zero-order valence-electron chi connectivity index (χ0n) is 36.7. The van der Waals surface area contributed by atoms with E-state index in [0.29, 0.717) is 11.8 Å². The molecule has 1 aromatic heterocycles. The highest BCUT2D eigenvalue weighted by Gasteiger charge is 2.25. The number of benzene rings is 8. The number of hydrogen-bond donors (Lipinski definition) is 0. The average molecular weight is 845 g/mol. The van der Waals surface area contributed by atoms with Gasteiger partial charge in [-0.25, -0.2) is 0 Å². The van der Waals surface area contributed by atoms with Crippen LogP contribution in [0.4, 0.5) is 17.1 Å². The van der Waals surface area contributed by atoms with Gasteiger partial charge in [-0.1, -0.05) is 188 Å². The van der Waals surface area contributed by atoms with Gasteiger partial charge in [-0.05, 0) is 141 Å². The Bertz CT molecular complexity index is 3280. The molecular formula is C64H48N2. The van der Waals surface area contributed by atoms with Crippen LogP contribution in [0.3, 0.4) is 0 Å². The predicted octanol–water partition coefficient (Wildman–Crippen LogP) is 16.9. The first-order valence-electron chi connectivity index (χ1n) is 23.2. The monoisotopic (exact) mass is 844 g/mol. The molecule has 2 heteroatoms. The molecule has 0 spiro atoms. The van der Waals surface area contributed by atoms with Gasteiger partial charge >= 0.3 is 0 Å². The summed E-state index contributed by atoms with van der Waals surface area (Å²) in [7, 11) is 0. The fraction of sp³-hybridized carbons (Fsp3) is 0.0625. The molecule has 2 nitrogen and oxygen atoms in total. The third kappa shape index (κ3) is 7.37. The van der Waals surface area contributed by atoms with Crippen LogP contribution in [0.25, 0.3) is 67.2 Å². The van der Waals surface area contributed by atoms with E-state index >= 15 is 0 Å². The molecule has 0 amide bonds. The van der Waals surface area contributed by atoms with Gasteiger partial charge in [-0.15, -0.1) is 0 Å². The van der Waals surface area contributed by atoms with Crippen molar-refractivity contribution in [3.63, 3.8) is 0 Å². The number of para-hydroxylation sites is 2. The number of rotatable bonds is 9. The second-order valence-corrected chi connectivity index (χ2v) is 17.6. The minimum Gasteiger partial charge on any atom is -0.311 e. The van der Waals surface area contributed by atoms with E-state index < -0.39 is 0 Å². The highest BCUT2D eigenvalue weighted by molar-refractivity contribution is 5.98. The molecule has 3 aliphatic carbocycles. The van der Waals surface area contributed by atoms with Crippen molar-refractivity contribution in [2.24, 2.45) is 11.8 Å². The first-order chi connectivity index (χ1) is 32.7. The SMILES string of the molecule is C1=CC2C=CC(c3ccc(-c4ccc(N(c5ccc(-c6ccccc6)cc5)c5ccc(-c6ccccc6)cc5)cc4)c(C4=Cc5c(c6ccccc6n5-c5ccccc5)CC4)c3)=CC2C=C1. The van der Waals surface area contributed by atoms with E-state index in [0.717, 1.165) is 29.9 Å². The zero-order valence-corrected chi connectivity index (χ0v) is 36.7. The van der Waals surface area contributed by atoms with E-state index in [2.05, 4.69) is 264 Å².